The van der Waals surface area contributed by atoms with Gasteiger partial charge in [-0.3, -0.25) is 9.59 Å². The Bertz CT molecular complexity index is 1500. The third-order valence-electron chi connectivity index (χ3n) is 6.73. The van der Waals surface area contributed by atoms with Gasteiger partial charge in [0.1, 0.15) is 23.4 Å². The van der Waals surface area contributed by atoms with Gasteiger partial charge in [-0.25, -0.2) is 0 Å². The van der Waals surface area contributed by atoms with Gasteiger partial charge in [-0.2, -0.15) is 0 Å². The first kappa shape index (κ1) is 21.2. The number of hydrogen-bond donors (Lipinski definition) is 1. The quantitative estimate of drug-likeness (QED) is 0.249. The van der Waals surface area contributed by atoms with Crippen molar-refractivity contribution < 1.29 is 23.8 Å². The van der Waals surface area contributed by atoms with Crippen molar-refractivity contribution in [2.24, 2.45) is 0 Å². The molecule has 4 aromatic rings. The van der Waals surface area contributed by atoms with Crippen LogP contribution < -0.4 is 4.74 Å². The van der Waals surface area contributed by atoms with Crippen LogP contribution in [0.4, 0.5) is 0 Å². The zero-order valence-corrected chi connectivity index (χ0v) is 19.1. The minimum atomic E-state index is -0.769. The number of likely N-dealkylation sites (tertiary alicyclic amines) is 1. The highest BCUT2D eigenvalue weighted by Gasteiger charge is 2.47. The summed E-state index contributed by atoms with van der Waals surface area (Å²) in [4.78, 5) is 28.2. The molecule has 6 heteroatoms. The van der Waals surface area contributed by atoms with Crippen molar-refractivity contribution in [3.8, 4) is 5.75 Å². The van der Waals surface area contributed by atoms with E-state index in [1.54, 1.807) is 24.3 Å². The normalized spacial score (nSPS) is 20.9. The number of nitrogens with zero attached hydrogens (tertiary/aromatic N) is 1. The summed E-state index contributed by atoms with van der Waals surface area (Å²) in [5.74, 6) is -0.236. The molecule has 1 aromatic heterocycles. The second kappa shape index (κ2) is 8.17. The average Bonchev–Trinajstić information content (AvgIpc) is 3.57. The first-order chi connectivity index (χ1) is 17.0. The minimum Gasteiger partial charge on any atom is -0.507 e. The lowest BCUT2D eigenvalue weighted by Crippen LogP contribution is -2.29. The maximum Gasteiger partial charge on any atom is 0.296 e. The molecule has 1 saturated heterocycles. The Morgan fingerprint density at radius 1 is 1.03 bits per heavy atom. The van der Waals surface area contributed by atoms with Crippen molar-refractivity contribution in [1.29, 1.82) is 0 Å². The largest absolute Gasteiger partial charge is 0.507 e. The number of fused-ring (bicyclic) bond motifs is 2. The number of hydrogen-bond acceptors (Lipinski definition) is 5. The molecule has 3 aromatic carbocycles. The van der Waals surface area contributed by atoms with Gasteiger partial charge in [-0.1, -0.05) is 42.5 Å². The van der Waals surface area contributed by atoms with Gasteiger partial charge in [0.2, 0.25) is 0 Å². The van der Waals surface area contributed by atoms with Gasteiger partial charge in [0.25, 0.3) is 11.7 Å². The van der Waals surface area contributed by atoms with E-state index < -0.39 is 17.7 Å². The number of Topliss-reactive ketones (excluding diaryl/α,β-unsaturated/α-hetero) is 1. The molecule has 2 atom stereocenters. The molecular weight excluding hydrogens is 442 g/mol. The lowest BCUT2D eigenvalue weighted by Gasteiger charge is -2.25. The van der Waals surface area contributed by atoms with Crippen LogP contribution in [0.25, 0.3) is 16.5 Å². The van der Waals surface area contributed by atoms with E-state index in [1.807, 2.05) is 55.5 Å². The molecule has 0 saturated carbocycles. The Balaban J connectivity index is 1.55. The van der Waals surface area contributed by atoms with Crippen LogP contribution >= 0.6 is 0 Å². The number of benzene rings is 3. The molecule has 2 aliphatic rings. The van der Waals surface area contributed by atoms with Crippen molar-refractivity contribution in [1.82, 2.24) is 4.90 Å². The Hall–Kier alpha value is -4.32. The van der Waals surface area contributed by atoms with Gasteiger partial charge < -0.3 is 19.2 Å². The van der Waals surface area contributed by atoms with Crippen molar-refractivity contribution in [3.63, 3.8) is 0 Å². The average molecular weight is 466 g/mol. The van der Waals surface area contributed by atoms with Crippen molar-refractivity contribution in [3.05, 3.63) is 107 Å². The van der Waals surface area contributed by atoms with Crippen LogP contribution in [-0.2, 0) is 22.6 Å². The van der Waals surface area contributed by atoms with E-state index in [0.29, 0.717) is 11.3 Å². The second-order valence-electron chi connectivity index (χ2n) is 9.03. The summed E-state index contributed by atoms with van der Waals surface area (Å²) in [5.41, 5.74) is 2.30. The number of furan rings is 1. The van der Waals surface area contributed by atoms with Gasteiger partial charge >= 0.3 is 0 Å². The Kier molecular flexibility index (Phi) is 4.95. The van der Waals surface area contributed by atoms with Crippen LogP contribution in [0.1, 0.15) is 35.4 Å². The lowest BCUT2D eigenvalue weighted by atomic mass is 9.91. The Morgan fingerprint density at radius 2 is 1.86 bits per heavy atom. The van der Waals surface area contributed by atoms with Crippen molar-refractivity contribution in [2.45, 2.75) is 32.0 Å². The zero-order valence-electron chi connectivity index (χ0n) is 19.1. The SMILES string of the molecule is CC1Cc2cc(/C(O)=C3\C(=O)C(=O)N(Cc4ccco4)C3c3cccc4ccccc34)ccc2O1. The van der Waals surface area contributed by atoms with Crippen LogP contribution in [0, 0.1) is 0 Å². The molecule has 0 radical (unpaired) electrons. The summed E-state index contributed by atoms with van der Waals surface area (Å²) >= 11 is 0. The number of rotatable bonds is 4. The van der Waals surface area contributed by atoms with Crippen molar-refractivity contribution >= 4 is 28.2 Å². The van der Waals surface area contributed by atoms with Crippen LogP contribution in [0.3, 0.4) is 0 Å². The Morgan fingerprint density at radius 3 is 2.69 bits per heavy atom. The number of amides is 1. The molecule has 6 nitrogen and oxygen atoms in total. The molecule has 1 amide bonds. The van der Waals surface area contributed by atoms with Gasteiger partial charge in [0.05, 0.1) is 24.4 Å². The lowest BCUT2D eigenvalue weighted by molar-refractivity contribution is -0.140. The first-order valence-corrected chi connectivity index (χ1v) is 11.6. The van der Waals surface area contributed by atoms with Crippen LogP contribution in [0.15, 0.2) is 89.0 Å². The highest BCUT2D eigenvalue weighted by atomic mass is 16.5. The molecular formula is C29H23NO5. The number of aliphatic hydroxyl groups excluding tert-OH is 1. The predicted octanol–water partition coefficient (Wildman–Crippen LogP) is 5.38. The standard InChI is InChI=1S/C29H23NO5/c1-17-14-20-15-19(11-12-24(20)35-17)27(31)25-26(23-10-4-7-18-6-2-3-9-22(18)23)30(29(33)28(25)32)16-21-8-5-13-34-21/h2-13,15,17,26,31H,14,16H2,1H3/b27-25+. The summed E-state index contributed by atoms with van der Waals surface area (Å²) < 4.78 is 11.3. The van der Waals surface area contributed by atoms with Gasteiger partial charge in [-0.05, 0) is 59.2 Å². The molecule has 0 aliphatic carbocycles. The fraction of sp³-hybridized carbons (Fsp3) is 0.172. The van der Waals surface area contributed by atoms with Crippen LogP contribution in [0.2, 0.25) is 0 Å². The van der Waals surface area contributed by atoms with Gasteiger partial charge in [-0.15, -0.1) is 0 Å². The number of aliphatic hydroxyl groups is 1. The second-order valence-corrected chi connectivity index (χ2v) is 9.03. The predicted molar refractivity (Wildman–Crippen MR) is 131 cm³/mol. The van der Waals surface area contributed by atoms with Gasteiger partial charge in [0, 0.05) is 12.0 Å². The van der Waals surface area contributed by atoms with E-state index in [0.717, 1.165) is 34.1 Å². The van der Waals surface area contributed by atoms with E-state index in [2.05, 4.69) is 0 Å². The molecule has 174 valence electrons. The first-order valence-electron chi connectivity index (χ1n) is 11.6. The third-order valence-corrected chi connectivity index (χ3v) is 6.73. The number of carbonyl (C=O) groups is 2. The zero-order chi connectivity index (χ0) is 24.1. The molecule has 0 spiro atoms. The molecule has 1 fully saturated rings. The Labute approximate surface area is 202 Å². The summed E-state index contributed by atoms with van der Waals surface area (Å²) in [7, 11) is 0. The van der Waals surface area contributed by atoms with Crippen LogP contribution in [0.5, 0.6) is 5.75 Å². The summed E-state index contributed by atoms with van der Waals surface area (Å²) in [6.07, 6.45) is 2.31. The fourth-order valence-electron chi connectivity index (χ4n) is 5.15. The topological polar surface area (TPSA) is 80.0 Å². The highest BCUT2D eigenvalue weighted by Crippen LogP contribution is 2.43. The number of ether oxygens (including phenoxy) is 1. The van der Waals surface area contributed by atoms with E-state index in [1.165, 1.54) is 11.2 Å². The molecule has 35 heavy (non-hydrogen) atoms. The fourth-order valence-corrected chi connectivity index (χ4v) is 5.15. The molecule has 2 unspecified atom stereocenters. The highest BCUT2D eigenvalue weighted by molar-refractivity contribution is 6.46. The monoisotopic (exact) mass is 465 g/mol. The van der Waals surface area contributed by atoms with Gasteiger partial charge in [0.15, 0.2) is 0 Å². The smallest absolute Gasteiger partial charge is 0.296 e. The van der Waals surface area contributed by atoms with E-state index in [-0.39, 0.29) is 24.0 Å². The number of carbonyl (C=O) groups excluding carboxylic acids is 2. The van der Waals surface area contributed by atoms with Crippen LogP contribution in [-0.4, -0.2) is 27.8 Å². The van der Waals surface area contributed by atoms with E-state index in [9.17, 15) is 14.7 Å². The molecule has 1 N–H and O–H groups in total. The summed E-state index contributed by atoms with van der Waals surface area (Å²) in [5, 5.41) is 13.4. The maximum atomic E-state index is 13.4. The molecule has 3 heterocycles. The molecule has 2 aliphatic heterocycles. The minimum absolute atomic E-state index is 0.0527. The molecule has 6 rings (SSSR count). The third kappa shape index (κ3) is 3.49. The maximum absolute atomic E-state index is 13.4. The van der Waals surface area contributed by atoms with E-state index >= 15 is 0 Å². The summed E-state index contributed by atoms with van der Waals surface area (Å²) in [6.45, 7) is 2.10. The molecule has 0 bridgehead atoms. The number of ketones is 1. The van der Waals surface area contributed by atoms with Crippen molar-refractivity contribution in [2.75, 3.05) is 0 Å². The van der Waals surface area contributed by atoms with E-state index in [4.69, 9.17) is 9.15 Å². The summed E-state index contributed by atoms with van der Waals surface area (Å²) in [6, 6.07) is 21.7.